The molecule has 9 nitrogen and oxygen atoms in total. The third-order valence-corrected chi connectivity index (χ3v) is 4.90. The molecule has 1 fully saturated rings. The Bertz CT molecular complexity index is 736. The third kappa shape index (κ3) is 5.73. The van der Waals surface area contributed by atoms with E-state index in [1.807, 2.05) is 0 Å². The minimum absolute atomic E-state index is 0. The number of nitrogens with two attached hydrogens (primary N) is 2. The monoisotopic (exact) mass is 435 g/mol. The number of imidazole rings is 1. The predicted octanol–water partition coefficient (Wildman–Crippen LogP) is 1.81. The highest BCUT2D eigenvalue weighted by Gasteiger charge is 2.23. The molecular formula is C17H31Cl2N7O2. The fraction of sp³-hybridized carbons (Fsp3) is 0.706. The highest BCUT2D eigenvalue weighted by molar-refractivity contribution is 5.85. The molecule has 0 atom stereocenters. The van der Waals surface area contributed by atoms with Crippen LogP contribution in [0.2, 0.25) is 0 Å². The molecule has 3 rings (SSSR count). The van der Waals surface area contributed by atoms with Gasteiger partial charge >= 0.3 is 6.01 Å². The molecule has 0 unspecified atom stereocenters. The normalized spacial score (nSPS) is 15.2. The first-order valence-electron chi connectivity index (χ1n) is 9.40. The van der Waals surface area contributed by atoms with Crippen molar-refractivity contribution in [1.29, 1.82) is 0 Å². The summed E-state index contributed by atoms with van der Waals surface area (Å²) in [5.74, 6) is 0.682. The summed E-state index contributed by atoms with van der Waals surface area (Å²) in [6, 6.07) is 0.165. The summed E-state index contributed by atoms with van der Waals surface area (Å²) < 4.78 is 7.31. The topological polar surface area (TPSA) is 128 Å². The minimum atomic E-state index is -0.0731. The van der Waals surface area contributed by atoms with Gasteiger partial charge in [0.05, 0.1) is 6.61 Å². The van der Waals surface area contributed by atoms with E-state index in [0.29, 0.717) is 36.8 Å². The predicted molar refractivity (Wildman–Crippen MR) is 115 cm³/mol. The average molecular weight is 436 g/mol. The summed E-state index contributed by atoms with van der Waals surface area (Å²) >= 11 is 0. The van der Waals surface area contributed by atoms with Gasteiger partial charge in [-0.2, -0.15) is 15.0 Å². The van der Waals surface area contributed by atoms with E-state index in [2.05, 4.69) is 26.8 Å². The fourth-order valence-corrected chi connectivity index (χ4v) is 3.36. The number of nitrogen functional groups attached to an aromatic ring is 1. The molecule has 1 saturated heterocycles. The number of halogens is 2. The van der Waals surface area contributed by atoms with Crippen LogP contribution in [0.25, 0.3) is 11.2 Å². The van der Waals surface area contributed by atoms with E-state index in [-0.39, 0.29) is 42.7 Å². The van der Waals surface area contributed by atoms with Crippen LogP contribution in [0.3, 0.4) is 0 Å². The SMILES string of the molecule is CCCCOc1nc(N)c2nc(O)n(CC3CCN(CCN)CC3)c2n1.Cl.Cl. The Kier molecular flexibility index (Phi) is 10.0. The molecule has 28 heavy (non-hydrogen) atoms. The number of unbranched alkanes of at least 4 members (excludes halogenated alkanes) is 1. The number of anilines is 1. The first-order valence-corrected chi connectivity index (χ1v) is 9.40. The van der Waals surface area contributed by atoms with Gasteiger partial charge in [-0.25, -0.2) is 0 Å². The number of hydrogen-bond donors (Lipinski definition) is 3. The first-order chi connectivity index (χ1) is 12.6. The smallest absolute Gasteiger partial charge is 0.320 e. The zero-order chi connectivity index (χ0) is 18.5. The van der Waals surface area contributed by atoms with Crippen molar-refractivity contribution < 1.29 is 9.84 Å². The number of ether oxygens (including phenoxy) is 1. The fourth-order valence-electron chi connectivity index (χ4n) is 3.36. The van der Waals surface area contributed by atoms with Crippen LogP contribution >= 0.6 is 24.8 Å². The lowest BCUT2D eigenvalue weighted by atomic mass is 9.97. The molecule has 160 valence electrons. The second kappa shape index (κ2) is 11.5. The van der Waals surface area contributed by atoms with Gasteiger partial charge in [0.15, 0.2) is 17.0 Å². The van der Waals surface area contributed by atoms with Gasteiger partial charge in [-0.15, -0.1) is 24.8 Å². The molecule has 2 aromatic heterocycles. The highest BCUT2D eigenvalue weighted by Crippen LogP contribution is 2.28. The van der Waals surface area contributed by atoms with Crippen LogP contribution in [0.5, 0.6) is 12.0 Å². The van der Waals surface area contributed by atoms with Crippen molar-refractivity contribution in [3.63, 3.8) is 0 Å². The number of likely N-dealkylation sites (tertiary alicyclic amines) is 1. The Morgan fingerprint density at radius 1 is 1.18 bits per heavy atom. The maximum Gasteiger partial charge on any atom is 0.320 e. The standard InChI is InChI=1S/C17H29N7O2.2ClH/c1-2-3-10-26-16-21-14(19)13-15(22-16)24(17(25)20-13)11-12-4-7-23(8-5-12)9-6-18;;/h12H,2-11,18H2,1H3,(H,20,25)(H2,19,21,22);2*1H. The molecule has 0 bridgehead atoms. The lowest BCUT2D eigenvalue weighted by molar-refractivity contribution is 0.176. The van der Waals surface area contributed by atoms with Crippen LogP contribution in [-0.4, -0.2) is 62.3 Å². The molecule has 0 radical (unpaired) electrons. The summed E-state index contributed by atoms with van der Waals surface area (Å²) in [7, 11) is 0. The number of aromatic nitrogens is 4. The van der Waals surface area contributed by atoms with E-state index in [1.54, 1.807) is 4.57 Å². The average Bonchev–Trinajstić information content (AvgIpc) is 2.94. The summed E-state index contributed by atoms with van der Waals surface area (Å²) in [5, 5.41) is 10.3. The van der Waals surface area contributed by atoms with Crippen LogP contribution in [0.4, 0.5) is 5.82 Å². The Balaban J connectivity index is 0.00000196. The van der Waals surface area contributed by atoms with E-state index in [4.69, 9.17) is 16.2 Å². The van der Waals surface area contributed by atoms with Crippen molar-refractivity contribution >= 4 is 41.8 Å². The van der Waals surface area contributed by atoms with Gasteiger partial charge < -0.3 is 26.2 Å². The molecular weight excluding hydrogens is 405 g/mol. The quantitative estimate of drug-likeness (QED) is 0.535. The van der Waals surface area contributed by atoms with Crippen LogP contribution in [0.15, 0.2) is 0 Å². The largest absolute Gasteiger partial charge is 0.480 e. The van der Waals surface area contributed by atoms with Crippen molar-refractivity contribution in [2.45, 2.75) is 39.2 Å². The summed E-state index contributed by atoms with van der Waals surface area (Å²) in [5.41, 5.74) is 12.6. The Hall–Kier alpha value is -1.55. The second-order valence-electron chi connectivity index (χ2n) is 6.86. The zero-order valence-electron chi connectivity index (χ0n) is 16.2. The van der Waals surface area contributed by atoms with Crippen LogP contribution in [-0.2, 0) is 6.54 Å². The molecule has 0 spiro atoms. The molecule has 0 aliphatic carbocycles. The number of piperidine rings is 1. The van der Waals surface area contributed by atoms with Crippen molar-refractivity contribution in [2.75, 3.05) is 38.5 Å². The number of nitrogens with zero attached hydrogens (tertiary/aromatic N) is 5. The molecule has 1 aliphatic heterocycles. The van der Waals surface area contributed by atoms with Gasteiger partial charge in [-0.3, -0.25) is 4.57 Å². The first kappa shape index (κ1) is 24.5. The molecule has 0 saturated carbocycles. The number of hydrogen-bond acceptors (Lipinski definition) is 8. The summed E-state index contributed by atoms with van der Waals surface area (Å²) in [6.45, 7) is 6.97. The van der Waals surface area contributed by atoms with E-state index in [9.17, 15) is 5.11 Å². The van der Waals surface area contributed by atoms with E-state index in [1.165, 1.54) is 0 Å². The van der Waals surface area contributed by atoms with Gasteiger partial charge in [0.2, 0.25) is 0 Å². The summed E-state index contributed by atoms with van der Waals surface area (Å²) in [6.07, 6.45) is 4.06. The molecule has 3 heterocycles. The third-order valence-electron chi connectivity index (χ3n) is 4.90. The van der Waals surface area contributed by atoms with Crippen LogP contribution in [0, 0.1) is 5.92 Å². The van der Waals surface area contributed by atoms with Gasteiger partial charge in [0, 0.05) is 19.6 Å². The molecule has 0 amide bonds. The van der Waals surface area contributed by atoms with Crippen LogP contribution in [0.1, 0.15) is 32.6 Å². The number of rotatable bonds is 8. The van der Waals surface area contributed by atoms with Gasteiger partial charge in [-0.05, 0) is 38.3 Å². The lowest BCUT2D eigenvalue weighted by Crippen LogP contribution is -2.37. The highest BCUT2D eigenvalue weighted by atomic mass is 35.5. The van der Waals surface area contributed by atoms with E-state index in [0.717, 1.165) is 45.3 Å². The maximum atomic E-state index is 10.3. The van der Waals surface area contributed by atoms with Crippen molar-refractivity contribution in [1.82, 2.24) is 24.4 Å². The Morgan fingerprint density at radius 3 is 2.54 bits per heavy atom. The maximum absolute atomic E-state index is 10.3. The molecule has 2 aromatic rings. The lowest BCUT2D eigenvalue weighted by Gasteiger charge is -2.31. The second-order valence-corrected chi connectivity index (χ2v) is 6.86. The molecule has 0 aromatic carbocycles. The summed E-state index contributed by atoms with van der Waals surface area (Å²) in [4.78, 5) is 15.1. The van der Waals surface area contributed by atoms with E-state index < -0.39 is 0 Å². The molecule has 11 heteroatoms. The van der Waals surface area contributed by atoms with Gasteiger partial charge in [0.25, 0.3) is 6.01 Å². The zero-order valence-corrected chi connectivity index (χ0v) is 17.8. The van der Waals surface area contributed by atoms with Crippen molar-refractivity contribution in [3.8, 4) is 12.0 Å². The van der Waals surface area contributed by atoms with E-state index >= 15 is 0 Å². The number of fused-ring (bicyclic) bond motifs is 1. The molecule has 5 N–H and O–H groups in total. The minimum Gasteiger partial charge on any atom is -0.480 e. The van der Waals surface area contributed by atoms with Crippen molar-refractivity contribution in [3.05, 3.63) is 0 Å². The van der Waals surface area contributed by atoms with Crippen LogP contribution < -0.4 is 16.2 Å². The molecule has 1 aliphatic rings. The Morgan fingerprint density at radius 2 is 1.89 bits per heavy atom. The van der Waals surface area contributed by atoms with Crippen molar-refractivity contribution in [2.24, 2.45) is 11.7 Å². The number of aromatic hydroxyl groups is 1. The van der Waals surface area contributed by atoms with Gasteiger partial charge in [0.1, 0.15) is 0 Å². The Labute approximate surface area is 177 Å². The van der Waals surface area contributed by atoms with Gasteiger partial charge in [-0.1, -0.05) is 13.3 Å².